The number of carbonyl (C=O) groups excluding carboxylic acids is 1. The van der Waals surface area contributed by atoms with E-state index < -0.39 is 5.76 Å². The van der Waals surface area contributed by atoms with Crippen LogP contribution in [0.5, 0.6) is 5.75 Å². The zero-order chi connectivity index (χ0) is 19.5. The Morgan fingerprint density at radius 1 is 1.21 bits per heavy atom. The number of benzene rings is 2. The molecule has 1 atom stereocenters. The summed E-state index contributed by atoms with van der Waals surface area (Å²) in [5.74, 6) is 0.756. The van der Waals surface area contributed by atoms with E-state index in [-0.39, 0.29) is 6.03 Å². The first-order valence-electron chi connectivity index (χ1n) is 9.41. The molecule has 7 nitrogen and oxygen atoms in total. The Balaban J connectivity index is 1.32. The Labute approximate surface area is 162 Å². The van der Waals surface area contributed by atoms with Gasteiger partial charge in [-0.15, -0.1) is 0 Å². The number of nitrogens with zero attached hydrogens (tertiary/aromatic N) is 2. The number of likely N-dealkylation sites (tertiary alicyclic amines) is 1. The lowest BCUT2D eigenvalue weighted by molar-refractivity contribution is 0.208. The SMILES string of the molecule is COc1ccc(C2CCN(C(=O)NCCn3c(=O)oc4ccccc43)C2)cc1. The van der Waals surface area contributed by atoms with E-state index in [2.05, 4.69) is 17.4 Å². The van der Waals surface area contributed by atoms with Crippen LogP contribution in [0.2, 0.25) is 0 Å². The number of methoxy groups -OCH3 is 1. The van der Waals surface area contributed by atoms with E-state index in [1.807, 2.05) is 35.2 Å². The number of fused-ring (bicyclic) bond motifs is 1. The molecule has 146 valence electrons. The smallest absolute Gasteiger partial charge is 0.420 e. The summed E-state index contributed by atoms with van der Waals surface area (Å²) in [4.78, 5) is 26.3. The fourth-order valence-electron chi connectivity index (χ4n) is 3.71. The highest BCUT2D eigenvalue weighted by Gasteiger charge is 2.27. The molecule has 1 saturated heterocycles. The van der Waals surface area contributed by atoms with E-state index in [0.29, 0.717) is 31.1 Å². The van der Waals surface area contributed by atoms with Gasteiger partial charge in [0.15, 0.2) is 5.58 Å². The predicted octanol–water partition coefficient (Wildman–Crippen LogP) is 2.80. The highest BCUT2D eigenvalue weighted by Crippen LogP contribution is 2.28. The fraction of sp³-hybridized carbons (Fsp3) is 0.333. The number of ether oxygens (including phenoxy) is 1. The van der Waals surface area contributed by atoms with Gasteiger partial charge in [-0.1, -0.05) is 24.3 Å². The molecule has 2 aromatic carbocycles. The van der Waals surface area contributed by atoms with Crippen LogP contribution in [-0.2, 0) is 6.54 Å². The number of carbonyl (C=O) groups is 1. The summed E-state index contributed by atoms with van der Waals surface area (Å²) in [5, 5.41) is 2.91. The van der Waals surface area contributed by atoms with Gasteiger partial charge in [-0.3, -0.25) is 4.57 Å². The summed E-state index contributed by atoms with van der Waals surface area (Å²) < 4.78 is 11.9. The lowest BCUT2D eigenvalue weighted by Gasteiger charge is -2.17. The lowest BCUT2D eigenvalue weighted by Crippen LogP contribution is -2.40. The van der Waals surface area contributed by atoms with E-state index in [4.69, 9.17) is 9.15 Å². The first kappa shape index (κ1) is 18.2. The van der Waals surface area contributed by atoms with E-state index in [0.717, 1.165) is 24.2 Å². The Bertz CT molecular complexity index is 1020. The molecule has 2 heterocycles. The third kappa shape index (κ3) is 3.60. The second kappa shape index (κ2) is 7.80. The molecule has 28 heavy (non-hydrogen) atoms. The number of aromatic nitrogens is 1. The maximum atomic E-state index is 12.5. The van der Waals surface area contributed by atoms with E-state index in [1.54, 1.807) is 17.7 Å². The Hall–Kier alpha value is -3.22. The van der Waals surface area contributed by atoms with Crippen molar-refractivity contribution in [1.82, 2.24) is 14.8 Å². The predicted molar refractivity (Wildman–Crippen MR) is 106 cm³/mol. The van der Waals surface area contributed by atoms with Crippen LogP contribution in [0.3, 0.4) is 0 Å². The summed E-state index contributed by atoms with van der Waals surface area (Å²) in [6.07, 6.45) is 0.936. The van der Waals surface area contributed by atoms with Crippen molar-refractivity contribution < 1.29 is 13.9 Å². The monoisotopic (exact) mass is 381 g/mol. The normalized spacial score (nSPS) is 16.5. The molecule has 0 bridgehead atoms. The largest absolute Gasteiger partial charge is 0.497 e. The topological polar surface area (TPSA) is 76.7 Å². The van der Waals surface area contributed by atoms with Crippen LogP contribution in [0.25, 0.3) is 11.1 Å². The zero-order valence-corrected chi connectivity index (χ0v) is 15.8. The highest BCUT2D eigenvalue weighted by molar-refractivity contribution is 5.75. The van der Waals surface area contributed by atoms with Crippen molar-refractivity contribution >= 4 is 17.1 Å². The maximum absolute atomic E-state index is 12.5. The van der Waals surface area contributed by atoms with Gasteiger partial charge < -0.3 is 19.4 Å². The minimum Gasteiger partial charge on any atom is -0.497 e. The summed E-state index contributed by atoms with van der Waals surface area (Å²) >= 11 is 0. The Morgan fingerprint density at radius 3 is 2.79 bits per heavy atom. The van der Waals surface area contributed by atoms with Gasteiger partial charge in [-0.05, 0) is 36.2 Å². The summed E-state index contributed by atoms with van der Waals surface area (Å²) in [6.45, 7) is 2.15. The van der Waals surface area contributed by atoms with Crippen molar-refractivity contribution in [3.8, 4) is 5.75 Å². The molecule has 1 aromatic heterocycles. The molecular formula is C21H23N3O4. The zero-order valence-electron chi connectivity index (χ0n) is 15.8. The summed E-state index contributed by atoms with van der Waals surface area (Å²) in [6, 6.07) is 15.2. The van der Waals surface area contributed by atoms with Crippen LogP contribution in [0.15, 0.2) is 57.7 Å². The Morgan fingerprint density at radius 2 is 2.00 bits per heavy atom. The van der Waals surface area contributed by atoms with Crippen LogP contribution in [0, 0.1) is 0 Å². The quantitative estimate of drug-likeness (QED) is 0.737. The van der Waals surface area contributed by atoms with Crippen LogP contribution >= 0.6 is 0 Å². The molecule has 2 amide bonds. The number of amides is 2. The minimum absolute atomic E-state index is 0.100. The molecule has 0 spiro atoms. The summed E-state index contributed by atoms with van der Waals surface area (Å²) in [7, 11) is 1.65. The number of nitrogens with one attached hydrogen (secondary N) is 1. The van der Waals surface area contributed by atoms with Crippen molar-refractivity contribution in [2.24, 2.45) is 0 Å². The van der Waals surface area contributed by atoms with Gasteiger partial charge >= 0.3 is 11.8 Å². The van der Waals surface area contributed by atoms with Crippen molar-refractivity contribution in [3.63, 3.8) is 0 Å². The molecule has 7 heteroatoms. The van der Waals surface area contributed by atoms with Crippen LogP contribution in [0.4, 0.5) is 4.79 Å². The maximum Gasteiger partial charge on any atom is 0.420 e. The van der Waals surface area contributed by atoms with Crippen LogP contribution in [-0.4, -0.2) is 42.2 Å². The third-order valence-corrected chi connectivity index (χ3v) is 5.25. The molecule has 0 aliphatic carbocycles. The number of hydrogen-bond acceptors (Lipinski definition) is 4. The average Bonchev–Trinajstić information content (AvgIpc) is 3.33. The van der Waals surface area contributed by atoms with E-state index in [9.17, 15) is 9.59 Å². The standard InChI is InChI=1S/C21H23N3O4/c1-27-17-8-6-15(7-9-17)16-10-12-23(14-16)20(25)22-11-13-24-18-4-2-3-5-19(18)28-21(24)26/h2-9,16H,10-14H2,1H3,(H,22,25). The lowest BCUT2D eigenvalue weighted by atomic mass is 9.98. The first-order valence-corrected chi connectivity index (χ1v) is 9.41. The van der Waals surface area contributed by atoms with Gasteiger partial charge in [0, 0.05) is 32.1 Å². The molecule has 4 rings (SSSR count). The van der Waals surface area contributed by atoms with Gasteiger partial charge in [-0.25, -0.2) is 9.59 Å². The molecule has 1 aliphatic heterocycles. The van der Waals surface area contributed by atoms with Crippen molar-refractivity contribution in [3.05, 3.63) is 64.6 Å². The first-order chi connectivity index (χ1) is 13.7. The fourth-order valence-corrected chi connectivity index (χ4v) is 3.71. The molecule has 1 N–H and O–H groups in total. The van der Waals surface area contributed by atoms with Crippen molar-refractivity contribution in [2.45, 2.75) is 18.9 Å². The molecule has 1 unspecified atom stereocenters. The minimum atomic E-state index is -0.406. The van der Waals surface area contributed by atoms with Gasteiger partial charge in [0.05, 0.1) is 12.6 Å². The second-order valence-corrected chi connectivity index (χ2v) is 6.92. The average molecular weight is 381 g/mol. The van der Waals surface area contributed by atoms with E-state index >= 15 is 0 Å². The molecule has 0 saturated carbocycles. The van der Waals surface area contributed by atoms with Crippen LogP contribution < -0.4 is 15.8 Å². The summed E-state index contributed by atoms with van der Waals surface area (Å²) in [5.41, 5.74) is 2.51. The van der Waals surface area contributed by atoms with Crippen LogP contribution in [0.1, 0.15) is 17.9 Å². The van der Waals surface area contributed by atoms with Gasteiger partial charge in [0.2, 0.25) is 0 Å². The second-order valence-electron chi connectivity index (χ2n) is 6.92. The van der Waals surface area contributed by atoms with E-state index in [1.165, 1.54) is 5.56 Å². The number of hydrogen-bond donors (Lipinski definition) is 1. The van der Waals surface area contributed by atoms with Gasteiger partial charge in [0.1, 0.15) is 5.75 Å². The number of rotatable bonds is 5. The van der Waals surface area contributed by atoms with Gasteiger partial charge in [0.25, 0.3) is 0 Å². The number of para-hydroxylation sites is 2. The highest BCUT2D eigenvalue weighted by atomic mass is 16.5. The molecule has 3 aromatic rings. The molecule has 1 fully saturated rings. The molecule has 0 radical (unpaired) electrons. The number of urea groups is 1. The Kier molecular flexibility index (Phi) is 5.06. The van der Waals surface area contributed by atoms with Gasteiger partial charge in [-0.2, -0.15) is 0 Å². The molecular weight excluding hydrogens is 358 g/mol. The molecule has 1 aliphatic rings. The third-order valence-electron chi connectivity index (χ3n) is 5.25. The van der Waals surface area contributed by atoms with Crippen molar-refractivity contribution in [2.75, 3.05) is 26.7 Å². The number of oxazole rings is 1. The van der Waals surface area contributed by atoms with Crippen molar-refractivity contribution in [1.29, 1.82) is 0 Å².